The fourth-order valence-corrected chi connectivity index (χ4v) is 3.09. The van der Waals surface area contributed by atoms with E-state index in [1.165, 1.54) is 19.2 Å². The van der Waals surface area contributed by atoms with Gasteiger partial charge in [-0.15, -0.1) is 12.4 Å². The van der Waals surface area contributed by atoms with Crippen molar-refractivity contribution >= 4 is 18.3 Å². The summed E-state index contributed by atoms with van der Waals surface area (Å²) in [5.74, 6) is 0.629. The maximum atomic E-state index is 13.6. The lowest BCUT2D eigenvalue weighted by Crippen LogP contribution is -2.48. The summed E-state index contributed by atoms with van der Waals surface area (Å²) < 4.78 is 24.2. The van der Waals surface area contributed by atoms with Crippen LogP contribution in [0.25, 0.3) is 0 Å². The highest BCUT2D eigenvalue weighted by Gasteiger charge is 2.30. The number of hydrogen-bond donors (Lipinski definition) is 1. The maximum Gasteiger partial charge on any atom is 0.258 e. The van der Waals surface area contributed by atoms with Crippen LogP contribution in [0.4, 0.5) is 4.39 Å². The van der Waals surface area contributed by atoms with Crippen molar-refractivity contribution in [3.05, 3.63) is 59.4 Å². The van der Waals surface area contributed by atoms with Crippen molar-refractivity contribution in [2.75, 3.05) is 33.9 Å². The predicted molar refractivity (Wildman–Crippen MR) is 99.8 cm³/mol. The largest absolute Gasteiger partial charge is 0.497 e. The molecule has 1 aliphatic rings. The summed E-state index contributed by atoms with van der Waals surface area (Å²) in [5, 5.41) is 3.27. The number of ether oxygens (including phenoxy) is 2. The molecule has 2 aromatic rings. The second kappa shape index (κ2) is 8.87. The van der Waals surface area contributed by atoms with E-state index in [4.69, 9.17) is 9.47 Å². The fraction of sp³-hybridized carbons (Fsp3) is 0.316. The molecule has 0 radical (unpaired) electrons. The van der Waals surface area contributed by atoms with Crippen LogP contribution >= 0.6 is 12.4 Å². The zero-order valence-corrected chi connectivity index (χ0v) is 15.5. The Hall–Kier alpha value is -2.31. The highest BCUT2D eigenvalue weighted by atomic mass is 35.5. The van der Waals surface area contributed by atoms with Gasteiger partial charge in [0.15, 0.2) is 0 Å². The number of carbonyl (C=O) groups is 1. The Balaban J connectivity index is 0.00000243. The molecule has 0 aromatic heterocycles. The lowest BCUT2D eigenvalue weighted by Gasteiger charge is -2.37. The van der Waals surface area contributed by atoms with Crippen molar-refractivity contribution in [3.63, 3.8) is 0 Å². The Morgan fingerprint density at radius 2 is 2.00 bits per heavy atom. The summed E-state index contributed by atoms with van der Waals surface area (Å²) in [7, 11) is 3.08. The Bertz CT molecular complexity index is 772. The molecule has 1 atom stereocenters. The quantitative estimate of drug-likeness (QED) is 0.885. The molecule has 0 saturated carbocycles. The molecule has 1 N–H and O–H groups in total. The number of halogens is 2. The molecule has 7 heteroatoms. The zero-order valence-electron chi connectivity index (χ0n) is 14.7. The lowest BCUT2D eigenvalue weighted by molar-refractivity contribution is 0.0630. The molecular formula is C19H22ClFN2O3. The van der Waals surface area contributed by atoms with Crippen LogP contribution in [0.5, 0.6) is 11.5 Å². The van der Waals surface area contributed by atoms with Crippen LogP contribution in [0, 0.1) is 5.82 Å². The number of nitrogens with one attached hydrogen (secondary N) is 1. The molecule has 140 valence electrons. The summed E-state index contributed by atoms with van der Waals surface area (Å²) >= 11 is 0. The average molecular weight is 381 g/mol. The Morgan fingerprint density at radius 1 is 1.19 bits per heavy atom. The molecule has 26 heavy (non-hydrogen) atoms. The molecular weight excluding hydrogens is 359 g/mol. The van der Waals surface area contributed by atoms with Gasteiger partial charge in [0, 0.05) is 25.7 Å². The molecule has 0 spiro atoms. The van der Waals surface area contributed by atoms with E-state index in [1.807, 2.05) is 6.07 Å². The molecule has 2 aromatic carbocycles. The van der Waals surface area contributed by atoms with E-state index in [0.717, 1.165) is 5.56 Å². The average Bonchev–Trinajstić information content (AvgIpc) is 2.67. The van der Waals surface area contributed by atoms with Crippen LogP contribution in [-0.4, -0.2) is 44.7 Å². The monoisotopic (exact) mass is 380 g/mol. The molecule has 3 rings (SSSR count). The standard InChI is InChI=1S/C19H21FN2O3.ClH/c1-24-15-6-7-16(18(11-15)25-2)19(23)22-9-8-21-12-17(22)13-4-3-5-14(20)10-13;/h3-7,10-11,17,21H,8-9,12H2,1-2H3;1H. The first kappa shape index (κ1) is 20.0. The van der Waals surface area contributed by atoms with Crippen molar-refractivity contribution in [1.82, 2.24) is 10.2 Å². The van der Waals surface area contributed by atoms with Gasteiger partial charge in [-0.25, -0.2) is 4.39 Å². The fourth-order valence-electron chi connectivity index (χ4n) is 3.09. The molecule has 1 unspecified atom stereocenters. The normalized spacial score (nSPS) is 16.6. The van der Waals surface area contributed by atoms with Crippen molar-refractivity contribution in [2.24, 2.45) is 0 Å². The van der Waals surface area contributed by atoms with Crippen LogP contribution < -0.4 is 14.8 Å². The number of benzene rings is 2. The zero-order chi connectivity index (χ0) is 17.8. The minimum absolute atomic E-state index is 0. The summed E-state index contributed by atoms with van der Waals surface area (Å²) in [5.41, 5.74) is 1.24. The minimum Gasteiger partial charge on any atom is -0.497 e. The van der Waals surface area contributed by atoms with Crippen molar-refractivity contribution < 1.29 is 18.7 Å². The van der Waals surface area contributed by atoms with Gasteiger partial charge in [-0.3, -0.25) is 4.79 Å². The number of methoxy groups -OCH3 is 2. The van der Waals surface area contributed by atoms with Crippen LogP contribution in [0.1, 0.15) is 22.0 Å². The summed E-state index contributed by atoms with van der Waals surface area (Å²) in [6, 6.07) is 11.3. The smallest absolute Gasteiger partial charge is 0.258 e. The molecule has 1 heterocycles. The van der Waals surface area contributed by atoms with Gasteiger partial charge in [-0.1, -0.05) is 12.1 Å². The second-order valence-electron chi connectivity index (χ2n) is 5.84. The van der Waals surface area contributed by atoms with E-state index in [-0.39, 0.29) is 30.2 Å². The highest BCUT2D eigenvalue weighted by Crippen LogP contribution is 2.30. The molecule has 5 nitrogen and oxygen atoms in total. The first-order valence-electron chi connectivity index (χ1n) is 8.13. The number of nitrogens with zero attached hydrogens (tertiary/aromatic N) is 1. The van der Waals surface area contributed by atoms with E-state index >= 15 is 0 Å². The molecule has 1 saturated heterocycles. The number of amides is 1. The third-order valence-corrected chi connectivity index (χ3v) is 4.38. The maximum absolute atomic E-state index is 13.6. The van der Waals surface area contributed by atoms with Crippen molar-refractivity contribution in [1.29, 1.82) is 0 Å². The number of hydrogen-bond acceptors (Lipinski definition) is 4. The van der Waals surface area contributed by atoms with Gasteiger partial charge < -0.3 is 19.7 Å². The van der Waals surface area contributed by atoms with E-state index < -0.39 is 0 Å². The van der Waals surface area contributed by atoms with E-state index in [0.29, 0.717) is 36.7 Å². The molecule has 0 bridgehead atoms. The van der Waals surface area contributed by atoms with Gasteiger partial charge in [-0.05, 0) is 29.8 Å². The van der Waals surface area contributed by atoms with Crippen LogP contribution in [0.3, 0.4) is 0 Å². The predicted octanol–water partition coefficient (Wildman–Crippen LogP) is 3.05. The van der Waals surface area contributed by atoms with Crippen LogP contribution in [0.2, 0.25) is 0 Å². The van der Waals surface area contributed by atoms with E-state index in [9.17, 15) is 9.18 Å². The summed E-state index contributed by atoms with van der Waals surface area (Å²) in [4.78, 5) is 14.9. The second-order valence-corrected chi connectivity index (χ2v) is 5.84. The number of rotatable bonds is 4. The van der Waals surface area contributed by atoms with Crippen LogP contribution in [-0.2, 0) is 0 Å². The van der Waals surface area contributed by atoms with Gasteiger partial charge in [0.25, 0.3) is 5.91 Å². The van der Waals surface area contributed by atoms with Crippen molar-refractivity contribution in [2.45, 2.75) is 6.04 Å². The minimum atomic E-state index is -0.308. The van der Waals surface area contributed by atoms with Gasteiger partial charge in [0.2, 0.25) is 0 Å². The first-order chi connectivity index (χ1) is 12.1. The Morgan fingerprint density at radius 3 is 2.69 bits per heavy atom. The van der Waals surface area contributed by atoms with E-state index in [1.54, 1.807) is 36.3 Å². The SMILES string of the molecule is COc1ccc(C(=O)N2CCNCC2c2cccc(F)c2)c(OC)c1.Cl. The molecule has 1 amide bonds. The third-order valence-electron chi connectivity index (χ3n) is 4.38. The first-order valence-corrected chi connectivity index (χ1v) is 8.13. The summed E-state index contributed by atoms with van der Waals surface area (Å²) in [6.07, 6.45) is 0. The van der Waals surface area contributed by atoms with Gasteiger partial charge >= 0.3 is 0 Å². The highest BCUT2D eigenvalue weighted by molar-refractivity contribution is 5.97. The number of carbonyl (C=O) groups excluding carboxylic acids is 1. The third kappa shape index (κ3) is 4.08. The van der Waals surface area contributed by atoms with Gasteiger partial charge in [-0.2, -0.15) is 0 Å². The topological polar surface area (TPSA) is 50.8 Å². The Labute approximate surface area is 158 Å². The molecule has 0 aliphatic carbocycles. The molecule has 1 aliphatic heterocycles. The van der Waals surface area contributed by atoms with Crippen molar-refractivity contribution in [3.8, 4) is 11.5 Å². The lowest BCUT2D eigenvalue weighted by atomic mass is 10.0. The van der Waals surface area contributed by atoms with E-state index in [2.05, 4.69) is 5.32 Å². The Kier molecular flexibility index (Phi) is 6.83. The molecule has 1 fully saturated rings. The van der Waals surface area contributed by atoms with Crippen LogP contribution in [0.15, 0.2) is 42.5 Å². The van der Waals surface area contributed by atoms with Gasteiger partial charge in [0.1, 0.15) is 17.3 Å². The number of piperazine rings is 1. The van der Waals surface area contributed by atoms with Gasteiger partial charge in [0.05, 0.1) is 25.8 Å². The summed E-state index contributed by atoms with van der Waals surface area (Å²) in [6.45, 7) is 1.80.